The van der Waals surface area contributed by atoms with Gasteiger partial charge in [-0.05, 0) is 36.8 Å². The molecule has 2 aliphatic heterocycles. The van der Waals surface area contributed by atoms with Crippen LogP contribution in [-0.2, 0) is 0 Å². The first kappa shape index (κ1) is 16.2. The molecular weight excluding hydrogens is 374 g/mol. The van der Waals surface area contributed by atoms with Gasteiger partial charge in [0.2, 0.25) is 5.96 Å². The van der Waals surface area contributed by atoms with E-state index in [9.17, 15) is 0 Å². The fourth-order valence-electron chi connectivity index (χ4n) is 3.25. The Kier molecular flexibility index (Phi) is 4.45. The summed E-state index contributed by atoms with van der Waals surface area (Å²) in [5.74, 6) is 0.988. The van der Waals surface area contributed by atoms with Crippen LogP contribution in [0.2, 0.25) is 0 Å². The van der Waals surface area contributed by atoms with Crippen molar-refractivity contribution in [1.29, 1.82) is 0 Å². The number of guanidine groups is 1. The Hall–Kier alpha value is -2.33. The van der Waals surface area contributed by atoms with Gasteiger partial charge in [-0.15, -0.1) is 0 Å². The first-order valence-electron chi connectivity index (χ1n) is 8.61. The van der Waals surface area contributed by atoms with Crippen molar-refractivity contribution in [3.05, 3.63) is 77.3 Å². The molecule has 2 aromatic rings. The van der Waals surface area contributed by atoms with E-state index < -0.39 is 0 Å². The molecule has 0 amide bonds. The van der Waals surface area contributed by atoms with Crippen LogP contribution in [0.3, 0.4) is 0 Å². The second kappa shape index (κ2) is 6.89. The number of anilines is 3. The largest absolute Gasteiger partial charge is 0.306 e. The van der Waals surface area contributed by atoms with Crippen LogP contribution in [0, 0.1) is 0 Å². The number of hydrogen-bond acceptors (Lipinski definition) is 3. The lowest BCUT2D eigenvalue weighted by molar-refractivity contribution is 0.779. The molecule has 2 heterocycles. The highest BCUT2D eigenvalue weighted by molar-refractivity contribution is 9.10. The van der Waals surface area contributed by atoms with E-state index in [0.717, 1.165) is 29.1 Å². The van der Waals surface area contributed by atoms with Gasteiger partial charge >= 0.3 is 0 Å². The quantitative estimate of drug-likeness (QED) is 0.654. The molecule has 2 aromatic carbocycles. The first-order valence-corrected chi connectivity index (χ1v) is 9.40. The summed E-state index contributed by atoms with van der Waals surface area (Å²) in [6, 6.07) is 17.1. The van der Waals surface area contributed by atoms with E-state index in [1.807, 2.05) is 0 Å². The van der Waals surface area contributed by atoms with Crippen LogP contribution in [0.1, 0.15) is 13.3 Å². The summed E-state index contributed by atoms with van der Waals surface area (Å²) in [7, 11) is 0. The predicted octanol–water partition coefficient (Wildman–Crippen LogP) is 5.67. The molecule has 0 aromatic heterocycles. The van der Waals surface area contributed by atoms with Crippen molar-refractivity contribution in [2.45, 2.75) is 19.4 Å². The lowest BCUT2D eigenvalue weighted by Gasteiger charge is -2.24. The minimum atomic E-state index is 0.171. The Morgan fingerprint density at radius 1 is 1.08 bits per heavy atom. The fraction of sp³-hybridized carbons (Fsp3) is 0.190. The Bertz CT molecular complexity index is 869. The summed E-state index contributed by atoms with van der Waals surface area (Å²) in [6.07, 6.45) is 9.56. The molecule has 3 nitrogen and oxygen atoms in total. The molecule has 1 atom stereocenters. The number of aliphatic imine (C=N–C) groups is 1. The molecule has 0 radical (unpaired) electrons. The summed E-state index contributed by atoms with van der Waals surface area (Å²) in [6.45, 7) is 2.98. The Morgan fingerprint density at radius 3 is 2.72 bits per heavy atom. The number of nitrogens with zero attached hydrogens (tertiary/aromatic N) is 3. The van der Waals surface area contributed by atoms with E-state index in [-0.39, 0.29) is 6.04 Å². The number of rotatable bonds is 2. The summed E-state index contributed by atoms with van der Waals surface area (Å²) in [5.41, 5.74) is 3.49. The van der Waals surface area contributed by atoms with Crippen LogP contribution in [0.25, 0.3) is 0 Å². The molecule has 2 aliphatic rings. The van der Waals surface area contributed by atoms with Crippen molar-refractivity contribution < 1.29 is 0 Å². The van der Waals surface area contributed by atoms with E-state index in [1.165, 1.54) is 11.4 Å². The monoisotopic (exact) mass is 393 g/mol. The van der Waals surface area contributed by atoms with Gasteiger partial charge in [0.1, 0.15) is 0 Å². The van der Waals surface area contributed by atoms with Crippen molar-refractivity contribution >= 4 is 39.0 Å². The number of hydrogen-bond donors (Lipinski definition) is 0. The maximum Gasteiger partial charge on any atom is 0.211 e. The molecule has 1 unspecified atom stereocenters. The zero-order chi connectivity index (χ0) is 17.2. The molecule has 0 saturated heterocycles. The van der Waals surface area contributed by atoms with Gasteiger partial charge < -0.3 is 4.90 Å². The third-order valence-corrected chi connectivity index (χ3v) is 4.98. The zero-order valence-electron chi connectivity index (χ0n) is 14.1. The third kappa shape index (κ3) is 3.02. The van der Waals surface area contributed by atoms with Crippen molar-refractivity contribution in [3.8, 4) is 0 Å². The van der Waals surface area contributed by atoms with Gasteiger partial charge in [0.15, 0.2) is 0 Å². The smallest absolute Gasteiger partial charge is 0.211 e. The minimum absolute atomic E-state index is 0.171. The van der Waals surface area contributed by atoms with Crippen LogP contribution in [-0.4, -0.2) is 18.5 Å². The second-order valence-corrected chi connectivity index (χ2v) is 7.05. The average Bonchev–Trinajstić information content (AvgIpc) is 2.97. The van der Waals surface area contributed by atoms with E-state index in [4.69, 9.17) is 4.99 Å². The van der Waals surface area contributed by atoms with E-state index in [2.05, 4.69) is 105 Å². The van der Waals surface area contributed by atoms with Gasteiger partial charge in [-0.1, -0.05) is 65.4 Å². The van der Waals surface area contributed by atoms with Gasteiger partial charge in [-0.2, -0.15) is 0 Å². The maximum atomic E-state index is 5.10. The zero-order valence-corrected chi connectivity index (χ0v) is 15.7. The normalized spacial score (nSPS) is 21.5. The molecule has 0 N–H and O–H groups in total. The lowest BCUT2D eigenvalue weighted by Crippen LogP contribution is -2.37. The highest BCUT2D eigenvalue weighted by Crippen LogP contribution is 2.42. The number of halogens is 1. The average molecular weight is 394 g/mol. The topological polar surface area (TPSA) is 18.8 Å². The highest BCUT2D eigenvalue weighted by atomic mass is 79.9. The van der Waals surface area contributed by atoms with E-state index in [0.29, 0.717) is 0 Å². The number of fused-ring (bicyclic) bond motifs is 3. The van der Waals surface area contributed by atoms with Crippen LogP contribution < -0.4 is 9.80 Å². The molecule has 0 spiro atoms. The lowest BCUT2D eigenvalue weighted by atomic mass is 10.2. The Balaban J connectivity index is 1.91. The van der Waals surface area contributed by atoms with Gasteiger partial charge in [0.05, 0.1) is 23.1 Å². The third-order valence-electron chi connectivity index (χ3n) is 4.49. The van der Waals surface area contributed by atoms with Crippen LogP contribution >= 0.6 is 15.9 Å². The maximum absolute atomic E-state index is 5.10. The highest BCUT2D eigenvalue weighted by Gasteiger charge is 2.33. The van der Waals surface area contributed by atoms with Crippen LogP contribution in [0.5, 0.6) is 0 Å². The number of allylic oxidation sites excluding steroid dienone is 2. The summed E-state index contributed by atoms with van der Waals surface area (Å²) >= 11 is 3.60. The molecular formula is C21H20BrN3. The number of benzene rings is 2. The van der Waals surface area contributed by atoms with Gasteiger partial charge in [-0.25, -0.2) is 4.99 Å². The van der Waals surface area contributed by atoms with Crippen LogP contribution in [0.15, 0.2) is 82.3 Å². The molecule has 25 heavy (non-hydrogen) atoms. The van der Waals surface area contributed by atoms with E-state index in [1.54, 1.807) is 0 Å². The fourth-order valence-corrected chi connectivity index (χ4v) is 3.64. The molecule has 0 fully saturated rings. The van der Waals surface area contributed by atoms with Gasteiger partial charge in [0, 0.05) is 11.0 Å². The molecule has 0 bridgehead atoms. The SMILES string of the molecule is CCC1/C=C\C=C/CN2C(=N1)N(c1cccc(Br)c1)c1ccccc12. The van der Waals surface area contributed by atoms with Crippen molar-refractivity contribution in [1.82, 2.24) is 0 Å². The van der Waals surface area contributed by atoms with Crippen molar-refractivity contribution in [2.75, 3.05) is 16.3 Å². The summed E-state index contributed by atoms with van der Waals surface area (Å²) < 4.78 is 1.07. The minimum Gasteiger partial charge on any atom is -0.306 e. The molecule has 126 valence electrons. The summed E-state index contributed by atoms with van der Waals surface area (Å²) in [4.78, 5) is 9.66. The first-order chi connectivity index (χ1) is 12.3. The number of para-hydroxylation sites is 2. The van der Waals surface area contributed by atoms with E-state index >= 15 is 0 Å². The molecule has 0 aliphatic carbocycles. The van der Waals surface area contributed by atoms with Crippen molar-refractivity contribution in [3.63, 3.8) is 0 Å². The molecule has 4 rings (SSSR count). The molecule has 4 heteroatoms. The van der Waals surface area contributed by atoms with Crippen LogP contribution in [0.4, 0.5) is 17.1 Å². The van der Waals surface area contributed by atoms with Gasteiger partial charge in [-0.3, -0.25) is 4.90 Å². The Labute approximate surface area is 157 Å². The summed E-state index contributed by atoms with van der Waals surface area (Å²) in [5, 5.41) is 0. The Morgan fingerprint density at radius 2 is 1.92 bits per heavy atom. The van der Waals surface area contributed by atoms with Crippen molar-refractivity contribution in [2.24, 2.45) is 4.99 Å². The second-order valence-electron chi connectivity index (χ2n) is 6.13. The molecule has 0 saturated carbocycles. The predicted molar refractivity (Wildman–Crippen MR) is 110 cm³/mol. The standard InChI is InChI=1S/C21H20BrN3/c1-2-17-10-4-3-7-14-24-19-12-5-6-13-20(19)25(21(24)23-17)18-11-8-9-16(22)15-18/h3-13,15,17H,2,14H2,1H3/b7-3-,10-4-,23-21?. The van der Waals surface area contributed by atoms with Gasteiger partial charge in [0.25, 0.3) is 0 Å².